The van der Waals surface area contributed by atoms with Gasteiger partial charge in [0.1, 0.15) is 5.75 Å². The zero-order valence-corrected chi connectivity index (χ0v) is 24.4. The molecular weight excluding hydrogens is 522 g/mol. The van der Waals surface area contributed by atoms with Gasteiger partial charge in [-0.15, -0.1) is 0 Å². The number of carbonyl (C=O) groups excluding carboxylic acids is 3. The van der Waals surface area contributed by atoms with E-state index in [1.807, 2.05) is 12.1 Å². The van der Waals surface area contributed by atoms with Gasteiger partial charge in [-0.1, -0.05) is 58.2 Å². The fourth-order valence-electron chi connectivity index (χ4n) is 5.85. The summed E-state index contributed by atoms with van der Waals surface area (Å²) < 4.78 is 5.28. The summed E-state index contributed by atoms with van der Waals surface area (Å²) in [7, 11) is 1.51. The van der Waals surface area contributed by atoms with Crippen LogP contribution in [0.3, 0.4) is 0 Å². The average molecular weight is 564 g/mol. The van der Waals surface area contributed by atoms with Crippen LogP contribution in [-0.4, -0.2) is 71.0 Å². The number of carboxylic acids is 1. The van der Waals surface area contributed by atoms with E-state index in [-0.39, 0.29) is 36.8 Å². The van der Waals surface area contributed by atoms with Crippen LogP contribution in [0, 0.1) is 5.92 Å². The van der Waals surface area contributed by atoms with Crippen molar-refractivity contribution in [1.29, 1.82) is 0 Å². The Bertz CT molecular complexity index is 1260. The molecule has 2 atom stereocenters. The number of methoxy groups -OCH3 is 1. The highest BCUT2D eigenvalue weighted by molar-refractivity contribution is 6.02. The molecule has 41 heavy (non-hydrogen) atoms. The van der Waals surface area contributed by atoms with Crippen LogP contribution in [0.4, 0.5) is 0 Å². The van der Waals surface area contributed by atoms with Gasteiger partial charge in [0, 0.05) is 30.3 Å². The van der Waals surface area contributed by atoms with E-state index in [2.05, 4.69) is 26.1 Å². The smallest absolute Gasteiger partial charge is 0.305 e. The first-order chi connectivity index (χ1) is 19.5. The van der Waals surface area contributed by atoms with Crippen molar-refractivity contribution < 1.29 is 29.0 Å². The molecule has 2 aromatic rings. The monoisotopic (exact) mass is 563 g/mol. The summed E-state index contributed by atoms with van der Waals surface area (Å²) in [5.74, 6) is -1.78. The normalized spacial score (nSPS) is 18.6. The van der Waals surface area contributed by atoms with E-state index in [9.17, 15) is 24.3 Å². The second kappa shape index (κ2) is 12.7. The minimum absolute atomic E-state index is 0.0295. The summed E-state index contributed by atoms with van der Waals surface area (Å²) in [6.07, 6.45) is 3.28. The number of carbonyl (C=O) groups is 4. The lowest BCUT2D eigenvalue weighted by atomic mass is 9.82. The van der Waals surface area contributed by atoms with E-state index in [0.717, 1.165) is 37.7 Å². The molecule has 1 saturated heterocycles. The van der Waals surface area contributed by atoms with Crippen LogP contribution < -0.4 is 10.1 Å². The van der Waals surface area contributed by atoms with E-state index in [4.69, 9.17) is 4.74 Å². The number of aliphatic carboxylic acids is 1. The first-order valence-electron chi connectivity index (χ1n) is 14.4. The summed E-state index contributed by atoms with van der Waals surface area (Å²) in [5.41, 5.74) is 1.74. The van der Waals surface area contributed by atoms with Crippen LogP contribution in [0.1, 0.15) is 85.6 Å². The SMILES string of the molecule is COc1cccc(C(=O)N2CCN(C(=O)c3ccc(C(C)(C)C)cc3)C2C(=O)NC(CC(=O)O)C2CCCCC2)c1. The van der Waals surface area contributed by atoms with Gasteiger partial charge in [0.15, 0.2) is 6.17 Å². The van der Waals surface area contributed by atoms with Crippen molar-refractivity contribution in [2.75, 3.05) is 20.2 Å². The van der Waals surface area contributed by atoms with Gasteiger partial charge in [0.05, 0.1) is 13.5 Å². The van der Waals surface area contributed by atoms with Gasteiger partial charge in [0.25, 0.3) is 17.7 Å². The number of amides is 3. The molecule has 1 aliphatic heterocycles. The molecule has 0 spiro atoms. The van der Waals surface area contributed by atoms with E-state index in [1.165, 1.54) is 16.9 Å². The molecule has 2 aromatic carbocycles. The van der Waals surface area contributed by atoms with E-state index in [0.29, 0.717) is 16.9 Å². The largest absolute Gasteiger partial charge is 0.497 e. The van der Waals surface area contributed by atoms with Gasteiger partial charge < -0.3 is 25.0 Å². The number of nitrogens with zero attached hydrogens (tertiary/aromatic N) is 2. The van der Waals surface area contributed by atoms with Gasteiger partial charge in [0.2, 0.25) is 0 Å². The molecule has 1 heterocycles. The minimum atomic E-state index is -1.22. The highest BCUT2D eigenvalue weighted by atomic mass is 16.5. The predicted molar refractivity (Wildman–Crippen MR) is 155 cm³/mol. The molecule has 0 radical (unpaired) electrons. The third-order valence-electron chi connectivity index (χ3n) is 8.18. The molecule has 3 amide bonds. The second-order valence-electron chi connectivity index (χ2n) is 12.0. The Kier molecular flexibility index (Phi) is 9.35. The first kappa shape index (κ1) is 30.1. The summed E-state index contributed by atoms with van der Waals surface area (Å²) in [5, 5.41) is 12.6. The molecular formula is C32H41N3O6. The number of carboxylic acid groups (broad SMARTS) is 1. The molecule has 2 aliphatic rings. The summed E-state index contributed by atoms with van der Waals surface area (Å²) in [4.78, 5) is 56.0. The zero-order valence-electron chi connectivity index (χ0n) is 24.4. The highest BCUT2D eigenvalue weighted by Crippen LogP contribution is 2.29. The van der Waals surface area contributed by atoms with Crippen LogP contribution in [0.5, 0.6) is 5.75 Å². The van der Waals surface area contributed by atoms with Gasteiger partial charge in [-0.2, -0.15) is 0 Å². The first-order valence-corrected chi connectivity index (χ1v) is 14.4. The zero-order chi connectivity index (χ0) is 29.7. The fourth-order valence-corrected chi connectivity index (χ4v) is 5.85. The number of nitrogens with one attached hydrogen (secondary N) is 1. The number of rotatable bonds is 8. The molecule has 1 saturated carbocycles. The molecule has 2 N–H and O–H groups in total. The van der Waals surface area contributed by atoms with Crippen LogP contribution in [-0.2, 0) is 15.0 Å². The number of hydrogen-bond acceptors (Lipinski definition) is 5. The van der Waals surface area contributed by atoms with Gasteiger partial charge >= 0.3 is 5.97 Å². The molecule has 2 fully saturated rings. The molecule has 0 aromatic heterocycles. The van der Waals surface area contributed by atoms with Crippen molar-refractivity contribution >= 4 is 23.7 Å². The Morgan fingerprint density at radius 2 is 1.54 bits per heavy atom. The predicted octanol–water partition coefficient (Wildman–Crippen LogP) is 4.46. The molecule has 0 bridgehead atoms. The molecule has 4 rings (SSSR count). The average Bonchev–Trinajstić information content (AvgIpc) is 3.41. The van der Waals surface area contributed by atoms with Crippen LogP contribution >= 0.6 is 0 Å². The van der Waals surface area contributed by atoms with Gasteiger partial charge in [-0.05, 0) is 60.1 Å². The molecule has 9 heteroatoms. The van der Waals surface area contributed by atoms with Crippen molar-refractivity contribution in [3.05, 3.63) is 65.2 Å². The molecule has 2 unspecified atom stereocenters. The maximum Gasteiger partial charge on any atom is 0.305 e. The summed E-state index contributed by atoms with van der Waals surface area (Å²) in [6.45, 7) is 6.60. The van der Waals surface area contributed by atoms with Crippen molar-refractivity contribution in [2.45, 2.75) is 76.9 Å². The van der Waals surface area contributed by atoms with E-state index >= 15 is 0 Å². The molecule has 1 aliphatic carbocycles. The number of benzene rings is 2. The van der Waals surface area contributed by atoms with Crippen LogP contribution in [0.15, 0.2) is 48.5 Å². The Morgan fingerprint density at radius 1 is 0.927 bits per heavy atom. The molecule has 220 valence electrons. The van der Waals surface area contributed by atoms with Crippen molar-refractivity contribution in [3.8, 4) is 5.75 Å². The van der Waals surface area contributed by atoms with Crippen molar-refractivity contribution in [1.82, 2.24) is 15.1 Å². The van der Waals surface area contributed by atoms with E-state index in [1.54, 1.807) is 36.4 Å². The van der Waals surface area contributed by atoms with Crippen molar-refractivity contribution in [2.24, 2.45) is 5.92 Å². The van der Waals surface area contributed by atoms with E-state index < -0.39 is 30.0 Å². The Labute approximate surface area is 241 Å². The summed E-state index contributed by atoms with van der Waals surface area (Å²) >= 11 is 0. The number of ether oxygens (including phenoxy) is 1. The third kappa shape index (κ3) is 7.07. The second-order valence-corrected chi connectivity index (χ2v) is 12.0. The maximum absolute atomic E-state index is 14.0. The van der Waals surface area contributed by atoms with Crippen LogP contribution in [0.2, 0.25) is 0 Å². The topological polar surface area (TPSA) is 116 Å². The Morgan fingerprint density at radius 3 is 2.10 bits per heavy atom. The Hall–Kier alpha value is -3.88. The van der Waals surface area contributed by atoms with Gasteiger partial charge in [-0.25, -0.2) is 0 Å². The Balaban J connectivity index is 1.65. The van der Waals surface area contributed by atoms with Crippen molar-refractivity contribution in [3.63, 3.8) is 0 Å². The lowest BCUT2D eigenvalue weighted by Gasteiger charge is -2.34. The lowest BCUT2D eigenvalue weighted by molar-refractivity contribution is -0.138. The highest BCUT2D eigenvalue weighted by Gasteiger charge is 2.44. The molecule has 9 nitrogen and oxygen atoms in total. The third-order valence-corrected chi connectivity index (χ3v) is 8.18. The van der Waals surface area contributed by atoms with Crippen LogP contribution in [0.25, 0.3) is 0 Å². The van der Waals surface area contributed by atoms with Gasteiger partial charge in [-0.3, -0.25) is 19.2 Å². The quantitative estimate of drug-likeness (QED) is 0.490. The maximum atomic E-state index is 14.0. The fraction of sp³-hybridized carbons (Fsp3) is 0.500. The number of hydrogen-bond donors (Lipinski definition) is 2. The standard InChI is InChI=1S/C32H41N3O6/c1-32(2,3)24-15-13-22(14-16-24)30(39)34-17-18-35(31(40)23-11-8-12-25(19-23)41-4)29(34)28(38)33-26(20-27(36)37)21-9-6-5-7-10-21/h8,11-16,19,21,26,29H,5-7,9-10,17-18,20H2,1-4H3,(H,33,38)(H,36,37). The minimum Gasteiger partial charge on any atom is -0.497 e. The summed E-state index contributed by atoms with van der Waals surface area (Å²) in [6, 6.07) is 13.4. The lowest BCUT2D eigenvalue weighted by Crippen LogP contribution is -2.57.